The van der Waals surface area contributed by atoms with Crippen LogP contribution in [0, 0.1) is 21.7 Å². The topological polar surface area (TPSA) is 29.4 Å². The normalized spacial score (nSPS) is 39.9. The molecule has 2 bridgehead atoms. The van der Waals surface area contributed by atoms with Crippen LogP contribution in [0.4, 0.5) is 0 Å². The molecular weight excluding hydrogens is 289 g/mol. The van der Waals surface area contributed by atoms with Crippen LogP contribution in [-0.2, 0) is 0 Å². The molecule has 2 atom stereocenters. The Labute approximate surface area is 95.8 Å². The molecule has 2 aliphatic rings. The Balaban J connectivity index is 2.44. The van der Waals surface area contributed by atoms with E-state index in [1.54, 1.807) is 0 Å². The van der Waals surface area contributed by atoms with Gasteiger partial charge in [0.1, 0.15) is 0 Å². The maximum atomic E-state index is 10.6. The average molecular weight is 306 g/mol. The zero-order chi connectivity index (χ0) is 10.4. The third-order valence-corrected chi connectivity index (χ3v) is 7.71. The Morgan fingerprint density at radius 1 is 1.64 bits per heavy atom. The zero-order valence-electron chi connectivity index (χ0n) is 9.01. The first-order valence-electron chi connectivity index (χ1n) is 5.06. The predicted octanol–water partition coefficient (Wildman–Crippen LogP) is -0.556. The molecule has 0 aromatic carbocycles. The second kappa shape index (κ2) is 3.29. The van der Waals surface area contributed by atoms with E-state index in [9.17, 15) is 4.91 Å². The van der Waals surface area contributed by atoms with Crippen molar-refractivity contribution < 1.29 is 21.2 Å². The summed E-state index contributed by atoms with van der Waals surface area (Å²) in [4.78, 5) is 10.6. The van der Waals surface area contributed by atoms with Crippen LogP contribution in [0.2, 0.25) is 0 Å². The molecule has 0 spiro atoms. The Hall–Kier alpha value is 0.0700. The van der Waals surface area contributed by atoms with Crippen molar-refractivity contribution in [3.8, 4) is 0 Å². The average Bonchev–Trinajstić information content (AvgIpc) is 2.25. The van der Waals surface area contributed by atoms with Crippen LogP contribution in [-0.4, -0.2) is 15.4 Å². The molecule has 1 aliphatic heterocycles. The summed E-state index contributed by atoms with van der Waals surface area (Å²) >= 11 is 0.297. The van der Waals surface area contributed by atoms with Crippen LogP contribution < -0.4 is 21.2 Å². The van der Waals surface area contributed by atoms with Crippen molar-refractivity contribution in [2.45, 2.75) is 20.8 Å². The third-order valence-electron chi connectivity index (χ3n) is 4.30. The van der Waals surface area contributed by atoms with Crippen molar-refractivity contribution in [2.75, 3.05) is 15.4 Å². The molecule has 0 radical (unpaired) electrons. The second-order valence-corrected chi connectivity index (χ2v) is 7.75. The Kier molecular flexibility index (Phi) is 2.48. The summed E-state index contributed by atoms with van der Waals surface area (Å²) in [5.74, 6) is 0.714. The SMILES string of the molecule is CC1=CC2C[I-]CC1(CN=O)C2(C)C. The zero-order valence-corrected chi connectivity index (χ0v) is 11.2. The first-order valence-corrected chi connectivity index (χ1v) is 8.11. The third kappa shape index (κ3) is 1.14. The van der Waals surface area contributed by atoms with E-state index in [2.05, 4.69) is 32.0 Å². The molecule has 0 aromatic rings. The predicted molar refractivity (Wildman–Crippen MR) is 53.9 cm³/mol. The number of alkyl halides is 2. The molecular formula is C11H17INO-. The van der Waals surface area contributed by atoms with Gasteiger partial charge < -0.3 is 0 Å². The number of hydrogen-bond donors (Lipinski definition) is 0. The van der Waals surface area contributed by atoms with Gasteiger partial charge in [0, 0.05) is 0 Å². The summed E-state index contributed by atoms with van der Waals surface area (Å²) in [6.45, 7) is 7.33. The van der Waals surface area contributed by atoms with E-state index < -0.39 is 0 Å². The number of hydrogen-bond acceptors (Lipinski definition) is 2. The van der Waals surface area contributed by atoms with Crippen LogP contribution >= 0.6 is 0 Å². The van der Waals surface area contributed by atoms with Crippen molar-refractivity contribution in [2.24, 2.45) is 21.9 Å². The fraction of sp³-hybridized carbons (Fsp3) is 0.818. The Morgan fingerprint density at radius 2 is 2.36 bits per heavy atom. The fourth-order valence-corrected chi connectivity index (χ4v) is 7.95. The maximum absolute atomic E-state index is 10.6. The van der Waals surface area contributed by atoms with Crippen molar-refractivity contribution in [3.63, 3.8) is 0 Å². The van der Waals surface area contributed by atoms with Gasteiger partial charge in [0.25, 0.3) is 0 Å². The van der Waals surface area contributed by atoms with Crippen molar-refractivity contribution in [1.29, 1.82) is 0 Å². The molecule has 0 amide bonds. The standard InChI is InChI=1S/C11H17INO/c1-8-4-9-5-12-6-11(8,7-13-14)10(9,2)3/h4,9H,5-7H2,1-3H3/q-1. The first kappa shape index (κ1) is 10.6. The number of halogens is 1. The van der Waals surface area contributed by atoms with Crippen molar-refractivity contribution in [3.05, 3.63) is 16.6 Å². The van der Waals surface area contributed by atoms with E-state index in [1.165, 1.54) is 14.4 Å². The molecule has 2 nitrogen and oxygen atoms in total. The van der Waals surface area contributed by atoms with Crippen molar-refractivity contribution >= 4 is 0 Å². The minimum atomic E-state index is 0.130. The Bertz CT molecular complexity index is 298. The molecule has 2 rings (SSSR count). The number of rotatable bonds is 2. The molecule has 1 heterocycles. The molecule has 14 heavy (non-hydrogen) atoms. The van der Waals surface area contributed by atoms with E-state index in [-0.39, 0.29) is 10.8 Å². The summed E-state index contributed by atoms with van der Waals surface area (Å²) in [7, 11) is 0. The van der Waals surface area contributed by atoms with Gasteiger partial charge in [-0.25, -0.2) is 0 Å². The van der Waals surface area contributed by atoms with Gasteiger partial charge in [0.15, 0.2) is 0 Å². The number of nitroso groups, excluding NO2 is 1. The molecule has 0 saturated carbocycles. The van der Waals surface area contributed by atoms with Gasteiger partial charge in [-0.15, -0.1) is 0 Å². The van der Waals surface area contributed by atoms with Gasteiger partial charge in [-0.1, -0.05) is 0 Å². The summed E-state index contributed by atoms with van der Waals surface area (Å²) < 4.78 is 2.65. The molecule has 1 aliphatic carbocycles. The number of fused-ring (bicyclic) bond motifs is 2. The molecule has 3 heteroatoms. The van der Waals surface area contributed by atoms with Crippen LogP contribution in [0.3, 0.4) is 0 Å². The molecule has 80 valence electrons. The molecule has 2 unspecified atom stereocenters. The van der Waals surface area contributed by atoms with Gasteiger partial charge in [0.2, 0.25) is 0 Å². The van der Waals surface area contributed by atoms with Gasteiger partial charge in [0.05, 0.1) is 0 Å². The fourth-order valence-electron chi connectivity index (χ4n) is 2.86. The number of allylic oxidation sites excluding steroid dienone is 1. The van der Waals surface area contributed by atoms with Crippen molar-refractivity contribution in [1.82, 2.24) is 0 Å². The molecule has 1 saturated heterocycles. The van der Waals surface area contributed by atoms with E-state index in [4.69, 9.17) is 0 Å². The summed E-state index contributed by atoms with van der Waals surface area (Å²) in [6, 6.07) is 0. The van der Waals surface area contributed by atoms with Crippen LogP contribution in [0.1, 0.15) is 20.8 Å². The number of nitrogens with zero attached hydrogens (tertiary/aromatic N) is 1. The first-order chi connectivity index (χ1) is 6.54. The van der Waals surface area contributed by atoms with Crippen LogP contribution in [0.15, 0.2) is 16.8 Å². The Morgan fingerprint density at radius 3 is 3.00 bits per heavy atom. The summed E-state index contributed by atoms with van der Waals surface area (Å²) in [5, 5.41) is 3.20. The van der Waals surface area contributed by atoms with E-state index in [1.807, 2.05) is 0 Å². The van der Waals surface area contributed by atoms with Gasteiger partial charge >= 0.3 is 95.9 Å². The second-order valence-electron chi connectivity index (χ2n) is 5.02. The van der Waals surface area contributed by atoms with Crippen LogP contribution in [0.5, 0.6) is 0 Å². The van der Waals surface area contributed by atoms with Gasteiger partial charge in [-0.3, -0.25) is 0 Å². The van der Waals surface area contributed by atoms with E-state index >= 15 is 0 Å². The minimum absolute atomic E-state index is 0.130. The van der Waals surface area contributed by atoms with Crippen LogP contribution in [0.25, 0.3) is 0 Å². The van der Waals surface area contributed by atoms with E-state index in [0.29, 0.717) is 33.7 Å². The molecule has 0 aromatic heterocycles. The monoisotopic (exact) mass is 306 g/mol. The molecule has 0 N–H and O–H groups in total. The molecule has 1 fully saturated rings. The van der Waals surface area contributed by atoms with Gasteiger partial charge in [-0.2, -0.15) is 0 Å². The van der Waals surface area contributed by atoms with Gasteiger partial charge in [-0.05, 0) is 0 Å². The quantitative estimate of drug-likeness (QED) is 0.291. The van der Waals surface area contributed by atoms with E-state index in [0.717, 1.165) is 0 Å². The summed E-state index contributed by atoms with van der Waals surface area (Å²) in [6.07, 6.45) is 2.41. The summed E-state index contributed by atoms with van der Waals surface area (Å²) in [5.41, 5.74) is 1.83.